The molecule has 1 aliphatic rings. The summed E-state index contributed by atoms with van der Waals surface area (Å²) in [6.07, 6.45) is 4.92. The molecule has 1 saturated carbocycles. The molecule has 1 fully saturated rings. The number of hydrogen-bond acceptors (Lipinski definition) is 3. The molecule has 3 rings (SSSR count). The van der Waals surface area contributed by atoms with Gasteiger partial charge in [-0.05, 0) is 60.4 Å². The van der Waals surface area contributed by atoms with Crippen molar-refractivity contribution in [1.29, 1.82) is 0 Å². The van der Waals surface area contributed by atoms with Crippen LogP contribution >= 0.6 is 0 Å². The fraction of sp³-hybridized carbons (Fsp3) is 0.462. The molecular formula is C26H35NO3Os-2. The summed E-state index contributed by atoms with van der Waals surface area (Å²) >= 11 is 0.611. The van der Waals surface area contributed by atoms with Crippen LogP contribution in [0.4, 0.5) is 0 Å². The fourth-order valence-electron chi connectivity index (χ4n) is 3.79. The number of nitrogens with one attached hydrogen (secondary N) is 1. The third kappa shape index (κ3) is 6.81. The molecular weight excluding hydrogens is 565 g/mol. The zero-order valence-corrected chi connectivity index (χ0v) is 21.9. The van der Waals surface area contributed by atoms with Crippen LogP contribution in [0, 0.1) is 6.92 Å². The van der Waals surface area contributed by atoms with E-state index in [1.165, 1.54) is 18.4 Å². The van der Waals surface area contributed by atoms with Crippen LogP contribution in [0.25, 0.3) is 16.9 Å². The van der Waals surface area contributed by atoms with Crippen LogP contribution in [0.1, 0.15) is 77.3 Å². The molecule has 0 saturated heterocycles. The predicted octanol–water partition coefficient (Wildman–Crippen LogP) is 7.37. The van der Waals surface area contributed by atoms with Crippen LogP contribution in [0.15, 0.2) is 42.5 Å². The van der Waals surface area contributed by atoms with Crippen LogP contribution in [-0.2, 0) is 32.3 Å². The number of carbonyl (C=O) groups excluding carboxylic acids is 1. The average molecular weight is 600 g/mol. The van der Waals surface area contributed by atoms with Gasteiger partial charge in [-0.2, -0.15) is 6.92 Å². The summed E-state index contributed by atoms with van der Waals surface area (Å²) in [7, 11) is 0. The molecule has 31 heavy (non-hydrogen) atoms. The van der Waals surface area contributed by atoms with E-state index >= 15 is 0 Å². The monoisotopic (exact) mass is 601 g/mol. The topological polar surface area (TPSA) is 67.2 Å². The van der Waals surface area contributed by atoms with Gasteiger partial charge < -0.3 is 22.2 Å². The molecule has 0 heterocycles. The number of carbonyl (C=O) groups is 1. The number of amides is 1. The molecule has 0 aliphatic heterocycles. The molecule has 0 unspecified atom stereocenters. The molecule has 0 spiro atoms. The van der Waals surface area contributed by atoms with Crippen molar-refractivity contribution in [3.63, 3.8) is 0 Å². The predicted molar refractivity (Wildman–Crippen MR) is 123 cm³/mol. The van der Waals surface area contributed by atoms with Crippen molar-refractivity contribution in [2.24, 2.45) is 0 Å². The van der Waals surface area contributed by atoms with E-state index in [2.05, 4.69) is 45.0 Å². The van der Waals surface area contributed by atoms with Crippen molar-refractivity contribution in [2.75, 3.05) is 0 Å². The zero-order valence-electron chi connectivity index (χ0n) is 19.3. The Morgan fingerprint density at radius 2 is 1.65 bits per heavy atom. The van der Waals surface area contributed by atoms with Gasteiger partial charge in [-0.1, -0.05) is 58.0 Å². The van der Waals surface area contributed by atoms with Crippen LogP contribution in [0.2, 0.25) is 0 Å². The van der Waals surface area contributed by atoms with Gasteiger partial charge in [0, 0.05) is 11.0 Å². The van der Waals surface area contributed by atoms with Crippen molar-refractivity contribution in [3.8, 4) is 16.9 Å². The number of benzene rings is 2. The number of hydrogen-bond donors (Lipinski definition) is 0. The van der Waals surface area contributed by atoms with Crippen molar-refractivity contribution in [1.82, 2.24) is 0 Å². The van der Waals surface area contributed by atoms with E-state index in [4.69, 9.17) is 14.0 Å². The van der Waals surface area contributed by atoms with Gasteiger partial charge in [-0.25, -0.2) is 0 Å². The van der Waals surface area contributed by atoms with E-state index < -0.39 is 11.3 Å². The Balaban J connectivity index is 0.00000113. The first-order valence-corrected chi connectivity index (χ1v) is 11.9. The summed E-state index contributed by atoms with van der Waals surface area (Å²) in [4.78, 5) is 11.9. The molecule has 2 aromatic rings. The van der Waals surface area contributed by atoms with E-state index in [9.17, 15) is 4.79 Å². The Bertz CT molecular complexity index is 842. The number of rotatable bonds is 6. The van der Waals surface area contributed by atoms with Gasteiger partial charge >= 0.3 is 22.1 Å². The minimum absolute atomic E-state index is 0.270. The van der Waals surface area contributed by atoms with Gasteiger partial charge in [0.25, 0.3) is 0 Å². The SMILES string of the molecule is CC(C)c1ccccc1-c1cc(C(C)(C)C([NH-])=O)ccc1OC1CCCC1.[CH2-]C.[O]=[Os]. The zero-order chi connectivity index (χ0) is 23.6. The van der Waals surface area contributed by atoms with E-state index in [-0.39, 0.29) is 6.10 Å². The Morgan fingerprint density at radius 3 is 2.19 bits per heavy atom. The van der Waals surface area contributed by atoms with Gasteiger partial charge in [0.1, 0.15) is 5.75 Å². The van der Waals surface area contributed by atoms with E-state index in [0.717, 1.165) is 35.3 Å². The maximum atomic E-state index is 11.9. The third-order valence-electron chi connectivity index (χ3n) is 5.74. The third-order valence-corrected chi connectivity index (χ3v) is 5.74. The van der Waals surface area contributed by atoms with Crippen LogP contribution in [-0.4, -0.2) is 12.0 Å². The fourth-order valence-corrected chi connectivity index (χ4v) is 3.79. The number of ether oxygens (including phenoxy) is 1. The van der Waals surface area contributed by atoms with Gasteiger partial charge in [0.2, 0.25) is 0 Å². The summed E-state index contributed by atoms with van der Waals surface area (Å²) in [5.41, 5.74) is 11.1. The normalized spacial score (nSPS) is 13.7. The molecule has 172 valence electrons. The van der Waals surface area contributed by atoms with Crippen molar-refractivity contribution in [3.05, 3.63) is 66.2 Å². The molecule has 0 bridgehead atoms. The molecule has 0 aromatic heterocycles. The van der Waals surface area contributed by atoms with E-state index in [1.807, 2.05) is 32.0 Å². The minimum atomic E-state index is -0.840. The summed E-state index contributed by atoms with van der Waals surface area (Å²) in [6.45, 7) is 13.0. The molecule has 0 atom stereocenters. The van der Waals surface area contributed by atoms with Crippen LogP contribution < -0.4 is 4.74 Å². The second-order valence-corrected chi connectivity index (χ2v) is 8.43. The second kappa shape index (κ2) is 12.9. The van der Waals surface area contributed by atoms with Crippen LogP contribution in [0.3, 0.4) is 0 Å². The quantitative estimate of drug-likeness (QED) is 0.326. The Morgan fingerprint density at radius 1 is 1.06 bits per heavy atom. The molecule has 1 aliphatic carbocycles. The summed E-state index contributed by atoms with van der Waals surface area (Å²) in [6, 6.07) is 14.4. The average Bonchev–Trinajstić information content (AvgIpc) is 3.29. The van der Waals surface area contributed by atoms with E-state index in [0.29, 0.717) is 24.5 Å². The molecule has 4 nitrogen and oxygen atoms in total. The molecule has 0 radical (unpaired) electrons. The molecule has 2 aromatic carbocycles. The first-order valence-electron chi connectivity index (χ1n) is 10.8. The van der Waals surface area contributed by atoms with Gasteiger partial charge in [-0.3, -0.25) is 0 Å². The first-order chi connectivity index (χ1) is 14.8. The molecule has 1 N–H and O–H groups in total. The summed E-state index contributed by atoms with van der Waals surface area (Å²) in [5, 5.41) is 0. The maximum absolute atomic E-state index is 11.9. The molecule has 5 heteroatoms. The van der Waals surface area contributed by atoms with Crippen molar-refractivity contribution >= 4 is 5.91 Å². The Labute approximate surface area is 198 Å². The van der Waals surface area contributed by atoms with Gasteiger partial charge in [-0.15, -0.1) is 0 Å². The Kier molecular flexibility index (Phi) is 11.3. The standard InChI is InChI=1S/C24H31NO2.C2H5.O.Os/c1-16(2)19-11-7-8-12-20(19)21-15-17(24(3,4)23(25)26)13-14-22(21)27-18-9-5-6-10-18;1-2;;/h7-8,11-16,18H,5-6,9-10H2,1-4H3,(H2,25,26);1H2,2H3;;/q;-1;;/p-1. The van der Waals surface area contributed by atoms with Gasteiger partial charge in [0.05, 0.1) is 12.0 Å². The van der Waals surface area contributed by atoms with Crippen LogP contribution in [0.5, 0.6) is 5.75 Å². The van der Waals surface area contributed by atoms with E-state index in [1.54, 1.807) is 6.92 Å². The second-order valence-electron chi connectivity index (χ2n) is 8.43. The summed E-state index contributed by atoms with van der Waals surface area (Å²) < 4.78 is 14.7. The van der Waals surface area contributed by atoms with Crippen molar-refractivity contribution < 1.29 is 31.6 Å². The first kappa shape index (κ1) is 27.2. The Hall–Kier alpha value is -1.85. The van der Waals surface area contributed by atoms with Gasteiger partial charge in [0.15, 0.2) is 0 Å². The van der Waals surface area contributed by atoms with Crippen molar-refractivity contribution in [2.45, 2.75) is 77.7 Å². The summed E-state index contributed by atoms with van der Waals surface area (Å²) in [5.74, 6) is 0.692. The molecule has 1 amide bonds.